The molecular weight excluding hydrogens is 212 g/mol. The zero-order valence-electron chi connectivity index (χ0n) is 8.11. The first-order valence-electron chi connectivity index (χ1n) is 5.05. The lowest BCUT2D eigenvalue weighted by Gasteiger charge is -2.07. The van der Waals surface area contributed by atoms with Crippen LogP contribution in [0.5, 0.6) is 0 Å². The topological polar surface area (TPSA) is 33.6 Å². The van der Waals surface area contributed by atoms with Gasteiger partial charge in [-0.25, -0.2) is 0 Å². The molecule has 3 rings (SSSR count). The Labute approximate surface area is 93.1 Å². The summed E-state index contributed by atoms with van der Waals surface area (Å²) < 4.78 is 0. The van der Waals surface area contributed by atoms with E-state index in [2.05, 4.69) is 10.5 Å². The smallest absolute Gasteiger partial charge is 0.149 e. The molecule has 2 aliphatic heterocycles. The molecule has 0 spiro atoms. The second-order valence-electron chi connectivity index (χ2n) is 3.89. The van der Waals surface area contributed by atoms with E-state index < -0.39 is 0 Å². The van der Waals surface area contributed by atoms with Crippen molar-refractivity contribution in [1.82, 2.24) is 5.32 Å². The molecule has 1 fully saturated rings. The lowest BCUT2D eigenvalue weighted by molar-refractivity contribution is 0.0842. The first-order chi connectivity index (χ1) is 7.34. The Kier molecular flexibility index (Phi) is 2.15. The van der Waals surface area contributed by atoms with E-state index in [1.807, 2.05) is 24.3 Å². The van der Waals surface area contributed by atoms with Gasteiger partial charge in [0, 0.05) is 18.1 Å². The van der Waals surface area contributed by atoms with Crippen molar-refractivity contribution < 1.29 is 4.84 Å². The minimum Gasteiger partial charge on any atom is -0.390 e. The average molecular weight is 223 g/mol. The predicted molar refractivity (Wildman–Crippen MR) is 59.2 cm³/mol. The van der Waals surface area contributed by atoms with Gasteiger partial charge in [-0.15, -0.1) is 0 Å². The highest BCUT2D eigenvalue weighted by Gasteiger charge is 2.38. The van der Waals surface area contributed by atoms with Gasteiger partial charge in [0.15, 0.2) is 0 Å². The Morgan fingerprint density at radius 2 is 2.07 bits per heavy atom. The zero-order chi connectivity index (χ0) is 10.3. The Morgan fingerprint density at radius 3 is 2.87 bits per heavy atom. The number of oxime groups is 1. The normalized spacial score (nSPS) is 28.5. The van der Waals surface area contributed by atoms with Crippen molar-refractivity contribution in [2.45, 2.75) is 6.10 Å². The summed E-state index contributed by atoms with van der Waals surface area (Å²) in [5, 5.41) is 8.21. The molecule has 0 bridgehead atoms. The van der Waals surface area contributed by atoms with Gasteiger partial charge in [-0.05, 0) is 17.7 Å². The summed E-state index contributed by atoms with van der Waals surface area (Å²) in [4.78, 5) is 5.37. The van der Waals surface area contributed by atoms with Crippen molar-refractivity contribution in [2.24, 2.45) is 11.1 Å². The fourth-order valence-corrected chi connectivity index (χ4v) is 2.24. The molecule has 0 radical (unpaired) electrons. The Bertz CT molecular complexity index is 402. The summed E-state index contributed by atoms with van der Waals surface area (Å²) in [5.74, 6) is 0.395. The van der Waals surface area contributed by atoms with Crippen LogP contribution in [0.25, 0.3) is 0 Å². The Morgan fingerprint density at radius 1 is 1.27 bits per heavy atom. The van der Waals surface area contributed by atoms with E-state index in [-0.39, 0.29) is 6.10 Å². The number of nitrogens with one attached hydrogen (secondary N) is 1. The van der Waals surface area contributed by atoms with Crippen LogP contribution in [0.4, 0.5) is 0 Å². The Hall–Kier alpha value is -1.06. The highest BCUT2D eigenvalue weighted by atomic mass is 35.5. The third kappa shape index (κ3) is 1.52. The van der Waals surface area contributed by atoms with Gasteiger partial charge >= 0.3 is 0 Å². The molecule has 4 heteroatoms. The van der Waals surface area contributed by atoms with E-state index in [0.717, 1.165) is 29.4 Å². The van der Waals surface area contributed by atoms with E-state index in [1.165, 1.54) is 0 Å². The third-order valence-corrected chi connectivity index (χ3v) is 3.19. The van der Waals surface area contributed by atoms with Gasteiger partial charge in [0.2, 0.25) is 0 Å². The monoisotopic (exact) mass is 222 g/mol. The molecule has 2 heterocycles. The summed E-state index contributed by atoms with van der Waals surface area (Å²) in [6, 6.07) is 7.75. The van der Waals surface area contributed by atoms with Crippen LogP contribution in [0.3, 0.4) is 0 Å². The van der Waals surface area contributed by atoms with E-state index in [4.69, 9.17) is 16.4 Å². The summed E-state index contributed by atoms with van der Waals surface area (Å²) in [6.07, 6.45) is 0.218. The molecule has 1 aromatic carbocycles. The fraction of sp³-hybridized carbons (Fsp3) is 0.364. The van der Waals surface area contributed by atoms with Gasteiger partial charge in [-0.3, -0.25) is 0 Å². The molecular formula is C11H11ClN2O. The largest absolute Gasteiger partial charge is 0.390 e. The molecule has 0 amide bonds. The summed E-state index contributed by atoms with van der Waals surface area (Å²) in [6.45, 7) is 1.84. The molecule has 1 aromatic rings. The van der Waals surface area contributed by atoms with Crippen LogP contribution in [-0.4, -0.2) is 24.9 Å². The molecule has 15 heavy (non-hydrogen) atoms. The summed E-state index contributed by atoms with van der Waals surface area (Å²) in [7, 11) is 0. The lowest BCUT2D eigenvalue weighted by atomic mass is 9.95. The van der Waals surface area contributed by atoms with Crippen LogP contribution < -0.4 is 5.32 Å². The number of hydrogen-bond acceptors (Lipinski definition) is 3. The second kappa shape index (κ2) is 3.51. The maximum atomic E-state index is 5.85. The molecule has 2 aliphatic rings. The average Bonchev–Trinajstić information content (AvgIpc) is 2.80. The highest BCUT2D eigenvalue weighted by molar-refractivity contribution is 6.30. The summed E-state index contributed by atoms with van der Waals surface area (Å²) >= 11 is 5.85. The van der Waals surface area contributed by atoms with E-state index in [9.17, 15) is 0 Å². The molecule has 0 aliphatic carbocycles. The van der Waals surface area contributed by atoms with Gasteiger partial charge in [0.05, 0.1) is 11.6 Å². The second-order valence-corrected chi connectivity index (χ2v) is 4.33. The predicted octanol–water partition coefficient (Wildman–Crippen LogP) is 1.66. The Balaban J connectivity index is 1.91. The number of benzene rings is 1. The highest BCUT2D eigenvalue weighted by Crippen LogP contribution is 2.26. The van der Waals surface area contributed by atoms with Crippen LogP contribution >= 0.6 is 11.6 Å². The number of hydrogen-bond donors (Lipinski definition) is 1. The van der Waals surface area contributed by atoms with E-state index in [0.29, 0.717) is 5.92 Å². The number of halogens is 1. The number of nitrogens with zero attached hydrogens (tertiary/aromatic N) is 1. The minimum absolute atomic E-state index is 0.218. The first kappa shape index (κ1) is 9.19. The molecule has 1 saturated heterocycles. The van der Waals surface area contributed by atoms with E-state index in [1.54, 1.807) is 0 Å². The van der Waals surface area contributed by atoms with Crippen LogP contribution in [0.2, 0.25) is 5.02 Å². The van der Waals surface area contributed by atoms with Crippen molar-refractivity contribution >= 4 is 17.3 Å². The van der Waals surface area contributed by atoms with Gasteiger partial charge in [0.25, 0.3) is 0 Å². The quantitative estimate of drug-likeness (QED) is 0.784. The van der Waals surface area contributed by atoms with Gasteiger partial charge < -0.3 is 10.2 Å². The number of fused-ring (bicyclic) bond motifs is 1. The van der Waals surface area contributed by atoms with Crippen LogP contribution in [0.1, 0.15) is 5.56 Å². The zero-order valence-corrected chi connectivity index (χ0v) is 8.87. The van der Waals surface area contributed by atoms with Crippen LogP contribution in [-0.2, 0) is 4.84 Å². The summed E-state index contributed by atoms with van der Waals surface area (Å²) in [5.41, 5.74) is 2.15. The van der Waals surface area contributed by atoms with Crippen molar-refractivity contribution in [3.8, 4) is 0 Å². The van der Waals surface area contributed by atoms with Crippen molar-refractivity contribution in [3.05, 3.63) is 34.9 Å². The molecule has 2 atom stereocenters. The molecule has 0 aromatic heterocycles. The van der Waals surface area contributed by atoms with Gasteiger partial charge in [0.1, 0.15) is 6.10 Å². The van der Waals surface area contributed by atoms with Crippen molar-refractivity contribution in [3.63, 3.8) is 0 Å². The SMILES string of the molecule is Clc1ccc(C2=NOC3CNCC23)cc1. The first-order valence-corrected chi connectivity index (χ1v) is 5.43. The minimum atomic E-state index is 0.218. The molecule has 3 nitrogen and oxygen atoms in total. The van der Waals surface area contributed by atoms with E-state index >= 15 is 0 Å². The number of rotatable bonds is 1. The maximum Gasteiger partial charge on any atom is 0.149 e. The van der Waals surface area contributed by atoms with Gasteiger partial charge in [-0.1, -0.05) is 28.9 Å². The molecule has 1 N–H and O–H groups in total. The van der Waals surface area contributed by atoms with Crippen LogP contribution in [0, 0.1) is 5.92 Å². The molecule has 78 valence electrons. The third-order valence-electron chi connectivity index (χ3n) is 2.94. The van der Waals surface area contributed by atoms with Crippen LogP contribution in [0.15, 0.2) is 29.4 Å². The fourth-order valence-electron chi connectivity index (χ4n) is 2.12. The molecule has 2 unspecified atom stereocenters. The van der Waals surface area contributed by atoms with Crippen molar-refractivity contribution in [1.29, 1.82) is 0 Å². The standard InChI is InChI=1S/C11H11ClN2O/c12-8-3-1-7(2-4-8)11-9-5-13-6-10(9)15-14-11/h1-4,9-10,13H,5-6H2. The molecule has 0 saturated carbocycles. The lowest BCUT2D eigenvalue weighted by Crippen LogP contribution is -2.21. The van der Waals surface area contributed by atoms with Crippen molar-refractivity contribution in [2.75, 3.05) is 13.1 Å². The maximum absolute atomic E-state index is 5.85. The van der Waals surface area contributed by atoms with Gasteiger partial charge in [-0.2, -0.15) is 0 Å².